The van der Waals surface area contributed by atoms with Gasteiger partial charge in [-0.3, -0.25) is 14.4 Å². The fourth-order valence-electron chi connectivity index (χ4n) is 12.6. The Morgan fingerprint density at radius 2 is 0.850 bits per heavy atom. The molecule has 1 aromatic heterocycles. The third-order valence-corrected chi connectivity index (χ3v) is 30.8. The first-order valence-electron chi connectivity index (χ1n) is 44.6. The molecule has 0 saturated heterocycles. The topological polar surface area (TPSA) is 317 Å². The number of carbonyl (C=O) groups excluding carboxylic acids is 5. The Bertz CT molecular complexity index is 3690. The zero-order valence-electron chi connectivity index (χ0n) is 77.3. The van der Waals surface area contributed by atoms with E-state index in [0.29, 0.717) is 161 Å². The number of rotatable bonds is 62. The quantitative estimate of drug-likeness (QED) is 0.0104. The van der Waals surface area contributed by atoms with Crippen LogP contribution in [0.25, 0.3) is 22.3 Å². The number of unbranched alkanes of at least 4 members (excludes halogenated alkanes) is 3. The van der Waals surface area contributed by atoms with E-state index in [1.807, 2.05) is 86.6 Å². The van der Waals surface area contributed by atoms with Crippen molar-refractivity contribution in [2.75, 3.05) is 121 Å². The van der Waals surface area contributed by atoms with Crippen molar-refractivity contribution in [1.82, 2.24) is 25.0 Å². The lowest BCUT2D eigenvalue weighted by molar-refractivity contribution is -0.119. The van der Waals surface area contributed by atoms with Gasteiger partial charge in [-0.2, -0.15) is 10.5 Å². The van der Waals surface area contributed by atoms with E-state index in [0.717, 1.165) is 91.7 Å². The monoisotopic (exact) mass is 1950 g/mol. The molecule has 2 aliphatic carbocycles. The molecule has 712 valence electrons. The molecule has 5 aromatic rings. The van der Waals surface area contributed by atoms with Crippen LogP contribution in [0.5, 0.6) is 0 Å². The van der Waals surface area contributed by atoms with Gasteiger partial charge in [0.15, 0.2) is 0 Å². The predicted octanol–water partition coefficient (Wildman–Crippen LogP) is 23.4. The highest BCUT2D eigenvalue weighted by Gasteiger charge is 2.33. The number of Topliss-reactive ketones (excluding diaryl/α,β-unsaturated/α-hetero) is 3. The number of nitrogens with one attached hydrogen (secondary N) is 2. The number of nitriles is 2. The van der Waals surface area contributed by atoms with Crippen LogP contribution in [0.4, 0.5) is 9.59 Å². The van der Waals surface area contributed by atoms with Crippen molar-refractivity contribution in [2.24, 2.45) is 5.73 Å². The number of alkyl carbamates (subject to hydrolysis) is 2. The Hall–Kier alpha value is -4.34. The number of hydrogen-bond acceptors (Lipinski definition) is 27. The minimum Gasteiger partial charge on any atom is -0.449 e. The number of nitrogens with zero attached hydrogens (tertiary/aromatic N) is 5. The fraction of sp³-hybridized carbons (Fsp3) is 0.617. The average molecular weight is 1950 g/mol. The van der Waals surface area contributed by atoms with E-state index in [1.165, 1.54) is 50.9 Å². The van der Waals surface area contributed by atoms with E-state index in [9.17, 15) is 34.2 Å². The van der Waals surface area contributed by atoms with Crippen molar-refractivity contribution in [3.8, 4) is 34.4 Å². The van der Waals surface area contributed by atoms with Crippen LogP contribution in [-0.2, 0) is 51.6 Å². The number of amides is 2. The molecule has 6 N–H and O–H groups in total. The first-order chi connectivity index (χ1) is 61.5. The summed E-state index contributed by atoms with van der Waals surface area (Å²) < 4.78 is 49.9. The van der Waals surface area contributed by atoms with Gasteiger partial charge in [-0.05, 0) is 205 Å². The smallest absolute Gasteiger partial charge is 0.407 e. The lowest BCUT2D eigenvalue weighted by atomic mass is 9.98. The summed E-state index contributed by atoms with van der Waals surface area (Å²) in [5.41, 5.74) is 14.7. The summed E-state index contributed by atoms with van der Waals surface area (Å²) in [6.45, 7) is 31.1. The maximum absolute atomic E-state index is 12.4. The molecule has 0 spiro atoms. The normalized spacial score (nSPS) is 12.9. The molecule has 5 atom stereocenters. The Labute approximate surface area is 796 Å². The molecule has 0 saturated carbocycles. The molecule has 7 rings (SSSR count). The number of halogens is 2. The predicted molar refractivity (Wildman–Crippen MR) is 537 cm³/mol. The number of fused-ring (bicyclic) bond motifs is 6. The molecular formula is C94H146Cl2N8O15P2S6. The van der Waals surface area contributed by atoms with E-state index < -0.39 is 34.5 Å². The molecule has 0 aliphatic heterocycles. The van der Waals surface area contributed by atoms with Crippen LogP contribution in [0, 0.1) is 22.7 Å². The Balaban J connectivity index is 0.000000609. The van der Waals surface area contributed by atoms with Gasteiger partial charge in [-0.25, -0.2) is 23.9 Å². The Morgan fingerprint density at radius 3 is 1.20 bits per heavy atom. The summed E-state index contributed by atoms with van der Waals surface area (Å²) in [6, 6.07) is 44.4. The highest BCUT2D eigenvalue weighted by Crippen LogP contribution is 2.51. The van der Waals surface area contributed by atoms with Crippen LogP contribution >= 0.6 is 104 Å². The Kier molecular flexibility index (Phi) is 72.0. The van der Waals surface area contributed by atoms with Crippen LogP contribution in [0.1, 0.15) is 233 Å². The zero-order valence-corrected chi connectivity index (χ0v) is 85.5. The molecule has 2 aliphatic rings. The van der Waals surface area contributed by atoms with Gasteiger partial charge < -0.3 is 63.8 Å². The second-order valence-corrected chi connectivity index (χ2v) is 41.7. The summed E-state index contributed by atoms with van der Waals surface area (Å²) in [7, 11) is 7.52. The van der Waals surface area contributed by atoms with Gasteiger partial charge in [0.1, 0.15) is 35.6 Å². The number of nitrogens with two attached hydrogens (primary N) is 1. The molecule has 1 heterocycles. The largest absolute Gasteiger partial charge is 0.449 e. The SMILES string of the molecule is CC(C)N(C(C)C)P(Cl)OCCC#N.CCC(COCCCCC(=O)CCSSCCNC(=O)OCC1c2ccccc2-c2ccccc21)OP(OCCC#N)N(C(C)C)C(C)C.CCC(O)COCCCCC(=O)CCSSCCNC(=O)OCC1c2ccccc2-c2ccccc21.CCC(O)COCCCCC(=O)CCSSc1ccccn1.CCCN.CCl. The number of benzene rings is 4. The molecule has 23 nitrogen and oxygen atoms in total. The maximum atomic E-state index is 12.4. The number of ketones is 3. The second kappa shape index (κ2) is 77.0. The molecule has 4 aromatic carbocycles. The third kappa shape index (κ3) is 53.4. The van der Waals surface area contributed by atoms with Crippen LogP contribution in [0.15, 0.2) is 126 Å². The lowest BCUT2D eigenvalue weighted by Gasteiger charge is -2.37. The number of pyridine rings is 1. The van der Waals surface area contributed by atoms with Gasteiger partial charge in [-0.15, -0.1) is 11.6 Å². The number of aliphatic hydroxyl groups is 2. The van der Waals surface area contributed by atoms with Gasteiger partial charge in [0.2, 0.25) is 7.65 Å². The number of aromatic nitrogens is 1. The first kappa shape index (κ1) is 119. The zero-order chi connectivity index (χ0) is 93.6. The van der Waals surface area contributed by atoms with E-state index in [4.69, 9.17) is 64.8 Å². The van der Waals surface area contributed by atoms with Crippen molar-refractivity contribution >= 4 is 133 Å². The minimum absolute atomic E-state index is 0.0491. The third-order valence-electron chi connectivity index (χ3n) is 19.1. The number of ether oxygens (including phenoxy) is 5. The molecule has 5 unspecified atom stereocenters. The van der Waals surface area contributed by atoms with E-state index in [2.05, 4.69) is 160 Å². The van der Waals surface area contributed by atoms with Crippen LogP contribution in [0.3, 0.4) is 0 Å². The van der Waals surface area contributed by atoms with E-state index >= 15 is 0 Å². The van der Waals surface area contributed by atoms with Crippen LogP contribution in [-0.4, -0.2) is 217 Å². The van der Waals surface area contributed by atoms with Gasteiger partial charge in [0, 0.05) is 149 Å². The molecule has 2 amide bonds. The number of hydrogen-bond donors (Lipinski definition) is 5. The van der Waals surface area contributed by atoms with Crippen LogP contribution < -0.4 is 16.4 Å². The second-order valence-electron chi connectivity index (χ2n) is 30.5. The summed E-state index contributed by atoms with van der Waals surface area (Å²) in [6.07, 6.45) is 14.1. The molecule has 127 heavy (non-hydrogen) atoms. The molecule has 0 bridgehead atoms. The highest BCUT2D eigenvalue weighted by atomic mass is 35.7. The van der Waals surface area contributed by atoms with Gasteiger partial charge in [0.05, 0.1) is 76.3 Å². The van der Waals surface area contributed by atoms with Gasteiger partial charge in [-0.1, -0.05) is 185 Å². The summed E-state index contributed by atoms with van der Waals surface area (Å²) >= 11 is 10.8. The molecule has 33 heteroatoms. The minimum atomic E-state index is -1.30. The summed E-state index contributed by atoms with van der Waals surface area (Å²) in [4.78, 5) is 64.8. The summed E-state index contributed by atoms with van der Waals surface area (Å²) in [5, 5.41) is 42.7. The first-order valence-corrected chi connectivity index (χ1v) is 55.9. The number of carbonyl (C=O) groups is 5. The number of alkyl halides is 1. The van der Waals surface area contributed by atoms with E-state index in [-0.39, 0.29) is 47.7 Å². The number of aliphatic hydroxyl groups excluding tert-OH is 2. The highest BCUT2D eigenvalue weighted by molar-refractivity contribution is 8.77. The van der Waals surface area contributed by atoms with Crippen molar-refractivity contribution in [1.29, 1.82) is 10.5 Å². The van der Waals surface area contributed by atoms with Gasteiger partial charge >= 0.3 is 12.2 Å². The average Bonchev–Trinajstić information content (AvgIpc) is 1.62. The van der Waals surface area contributed by atoms with Crippen molar-refractivity contribution in [3.63, 3.8) is 0 Å². The molecular weight excluding hydrogens is 1810 g/mol. The van der Waals surface area contributed by atoms with Crippen molar-refractivity contribution in [3.05, 3.63) is 144 Å². The molecule has 0 radical (unpaired) electrons. The Morgan fingerprint density at radius 1 is 0.488 bits per heavy atom. The standard InChI is InChI=1S/C37H54N3O6PS2.C28H37NO5S2.C16H25NO3S2.C9H18ClN2OP.C3H9N.CH3Cl/c1-6-31(46-47(45-23-13-20-38)40(28(2)3)29(4)5)26-43-22-12-11-14-30(41)19-24-48-49-25-21-39-37(42)44-27-36-34-17-9-7-15-32(34)33-16-8-10-18-35(33)36;1-2-21(30)19-33-16-8-7-9-22(31)14-17-35-36-18-15-29-28(32)34-20-27-25-12-5-3-10-23(25)24-11-4-6-13-26(24)27;1-2-14(18)13-20-11-6-4-7-15(19)9-12-21-22-16-8-3-5-10-17-16;1-8(2)12(9(3)4)14(10)13-7-5-6-11;1-2-3-4;1-2/h7-10,15-18,28-29,31,36H,6,11-14,19,21-27H2,1-5H3,(H,39,42);3-6,10-13,21,27,30H,2,7-9,14-20H2,1H3,(H,29,32);3,5,8,10,14,18H,2,4,6-7,9,11-13H2,1H3;8-9H,5,7H2,1-4H3;2-4H2,1H3;1H3. The van der Waals surface area contributed by atoms with Crippen LogP contribution in [0.2, 0.25) is 0 Å². The molecule has 0 fully saturated rings. The fourth-order valence-corrected chi connectivity index (χ4v) is 22.5. The summed E-state index contributed by atoms with van der Waals surface area (Å²) in [5.74, 6) is 4.79. The lowest BCUT2D eigenvalue weighted by Crippen LogP contribution is -2.35. The van der Waals surface area contributed by atoms with Crippen molar-refractivity contribution in [2.45, 2.75) is 258 Å². The van der Waals surface area contributed by atoms with Crippen molar-refractivity contribution < 1.29 is 71.4 Å². The van der Waals surface area contributed by atoms with E-state index in [1.54, 1.807) is 71.0 Å². The van der Waals surface area contributed by atoms with Gasteiger partial charge in [0.25, 0.3) is 8.53 Å². The maximum Gasteiger partial charge on any atom is 0.407 e.